The summed E-state index contributed by atoms with van der Waals surface area (Å²) in [6, 6.07) is 7.58. The zero-order valence-corrected chi connectivity index (χ0v) is 14.9. The van der Waals surface area contributed by atoms with Crippen LogP contribution in [-0.4, -0.2) is 36.7 Å². The molecule has 1 aromatic carbocycles. The highest BCUT2D eigenvalue weighted by molar-refractivity contribution is 9.10. The molecule has 1 spiro atoms. The van der Waals surface area contributed by atoms with E-state index in [4.69, 9.17) is 9.47 Å². The van der Waals surface area contributed by atoms with Crippen LogP contribution in [0.4, 0.5) is 5.69 Å². The maximum absolute atomic E-state index is 13.1. The second-order valence-corrected chi connectivity index (χ2v) is 7.30. The van der Waals surface area contributed by atoms with Gasteiger partial charge in [-0.25, -0.2) is 0 Å². The summed E-state index contributed by atoms with van der Waals surface area (Å²) in [5.74, 6) is -1.47. The SMILES string of the molecule is CCCOC(=O)[C@H]1[C@H]2C=CC3(CN(c4ccccc4Br)C(=O)[C@@H]13)O2. The van der Waals surface area contributed by atoms with Crippen LogP contribution in [0.3, 0.4) is 0 Å². The molecular weight excluding hydrogens is 374 g/mol. The minimum Gasteiger partial charge on any atom is -0.465 e. The largest absolute Gasteiger partial charge is 0.465 e. The molecule has 5 nitrogen and oxygen atoms in total. The standard InChI is InChI=1S/C18H18BrNO4/c1-2-9-23-17(22)14-13-7-8-18(24-13)10-20(16(21)15(14)18)12-6-4-3-5-11(12)19/h3-8,13-15H,2,9-10H2,1H3/t13-,14+,15-,18?/m1/s1. The van der Waals surface area contributed by atoms with E-state index in [9.17, 15) is 9.59 Å². The lowest BCUT2D eigenvalue weighted by Gasteiger charge is -2.22. The normalized spacial score (nSPS) is 33.2. The van der Waals surface area contributed by atoms with Gasteiger partial charge in [0, 0.05) is 4.47 Å². The van der Waals surface area contributed by atoms with Crippen molar-refractivity contribution in [2.45, 2.75) is 25.0 Å². The Labute approximate surface area is 148 Å². The first-order valence-corrected chi connectivity index (χ1v) is 8.96. The molecule has 0 aliphatic carbocycles. The first-order valence-electron chi connectivity index (χ1n) is 8.17. The summed E-state index contributed by atoms with van der Waals surface area (Å²) >= 11 is 3.50. The number of para-hydroxylation sites is 1. The number of hydrogen-bond donors (Lipinski definition) is 0. The number of amides is 1. The lowest BCUT2D eigenvalue weighted by molar-refractivity contribution is -0.152. The molecule has 0 aromatic heterocycles. The summed E-state index contributed by atoms with van der Waals surface area (Å²) in [5.41, 5.74) is 0.0832. The van der Waals surface area contributed by atoms with Gasteiger partial charge in [-0.2, -0.15) is 0 Å². The van der Waals surface area contributed by atoms with Gasteiger partial charge in [0.15, 0.2) is 0 Å². The van der Waals surface area contributed by atoms with Crippen LogP contribution in [-0.2, 0) is 19.1 Å². The maximum Gasteiger partial charge on any atom is 0.312 e. The highest BCUT2D eigenvalue weighted by Crippen LogP contribution is 2.53. The lowest BCUT2D eigenvalue weighted by Crippen LogP contribution is -2.40. The van der Waals surface area contributed by atoms with Gasteiger partial charge >= 0.3 is 5.97 Å². The third-order valence-corrected chi connectivity index (χ3v) is 5.63. The van der Waals surface area contributed by atoms with Crippen LogP contribution in [0.5, 0.6) is 0 Å². The molecule has 1 unspecified atom stereocenters. The Kier molecular flexibility index (Phi) is 3.77. The number of carbonyl (C=O) groups excluding carboxylic acids is 2. The van der Waals surface area contributed by atoms with Crippen molar-refractivity contribution in [3.05, 3.63) is 40.9 Å². The number of fused-ring (bicyclic) bond motifs is 1. The van der Waals surface area contributed by atoms with Crippen LogP contribution in [0, 0.1) is 11.8 Å². The zero-order chi connectivity index (χ0) is 16.9. The minimum atomic E-state index is -0.715. The van der Waals surface area contributed by atoms with Crippen molar-refractivity contribution in [3.8, 4) is 0 Å². The van der Waals surface area contributed by atoms with E-state index in [0.29, 0.717) is 13.2 Å². The van der Waals surface area contributed by atoms with Gasteiger partial charge in [-0.15, -0.1) is 0 Å². The first-order chi connectivity index (χ1) is 11.6. The first kappa shape index (κ1) is 15.8. The third-order valence-electron chi connectivity index (χ3n) is 4.96. The third kappa shape index (κ3) is 2.16. The van der Waals surface area contributed by atoms with Crippen molar-refractivity contribution in [1.29, 1.82) is 0 Å². The molecule has 6 heteroatoms. The van der Waals surface area contributed by atoms with Crippen molar-refractivity contribution >= 4 is 33.5 Å². The van der Waals surface area contributed by atoms with Gasteiger partial charge in [-0.05, 0) is 34.5 Å². The summed E-state index contributed by atoms with van der Waals surface area (Å²) in [5, 5.41) is 0. The number of nitrogens with zero attached hydrogens (tertiary/aromatic N) is 1. The van der Waals surface area contributed by atoms with E-state index in [0.717, 1.165) is 16.6 Å². The van der Waals surface area contributed by atoms with Crippen LogP contribution in [0.25, 0.3) is 0 Å². The second kappa shape index (κ2) is 5.70. The van der Waals surface area contributed by atoms with Gasteiger partial charge in [0.05, 0.1) is 30.9 Å². The number of esters is 1. The highest BCUT2D eigenvalue weighted by atomic mass is 79.9. The molecule has 0 N–H and O–H groups in total. The molecule has 2 bridgehead atoms. The zero-order valence-electron chi connectivity index (χ0n) is 13.3. The molecule has 0 radical (unpaired) electrons. The van der Waals surface area contributed by atoms with Gasteiger partial charge in [0.2, 0.25) is 5.91 Å². The molecule has 2 saturated heterocycles. The molecular formula is C18H18BrNO4. The Morgan fingerprint density at radius 3 is 3.00 bits per heavy atom. The van der Waals surface area contributed by atoms with Gasteiger partial charge in [0.1, 0.15) is 11.5 Å². The smallest absolute Gasteiger partial charge is 0.312 e. The number of rotatable bonds is 4. The second-order valence-electron chi connectivity index (χ2n) is 6.44. The van der Waals surface area contributed by atoms with E-state index >= 15 is 0 Å². The molecule has 2 fully saturated rings. The molecule has 0 saturated carbocycles. The Bertz CT molecular complexity index is 733. The summed E-state index contributed by atoms with van der Waals surface area (Å²) in [7, 11) is 0. The van der Waals surface area contributed by atoms with E-state index in [1.807, 2.05) is 43.3 Å². The predicted octanol–water partition coefficient (Wildman–Crippen LogP) is 2.69. The summed E-state index contributed by atoms with van der Waals surface area (Å²) in [4.78, 5) is 27.3. The molecule has 1 aromatic rings. The van der Waals surface area contributed by atoms with Crippen molar-refractivity contribution in [3.63, 3.8) is 0 Å². The van der Waals surface area contributed by atoms with Crippen LogP contribution in [0.15, 0.2) is 40.9 Å². The molecule has 3 heterocycles. The Morgan fingerprint density at radius 1 is 1.46 bits per heavy atom. The molecule has 24 heavy (non-hydrogen) atoms. The number of ether oxygens (including phenoxy) is 2. The summed E-state index contributed by atoms with van der Waals surface area (Å²) < 4.78 is 12.2. The van der Waals surface area contributed by atoms with Gasteiger partial charge in [-0.1, -0.05) is 31.2 Å². The average Bonchev–Trinajstić information content (AvgIpc) is 3.21. The van der Waals surface area contributed by atoms with E-state index < -0.39 is 17.4 Å². The monoisotopic (exact) mass is 391 g/mol. The van der Waals surface area contributed by atoms with Gasteiger partial charge in [-0.3, -0.25) is 9.59 Å². The van der Waals surface area contributed by atoms with E-state index in [1.54, 1.807) is 4.90 Å². The van der Waals surface area contributed by atoms with Crippen molar-refractivity contribution in [1.82, 2.24) is 0 Å². The predicted molar refractivity (Wildman–Crippen MR) is 91.5 cm³/mol. The molecule has 3 aliphatic heterocycles. The van der Waals surface area contributed by atoms with E-state index in [2.05, 4.69) is 15.9 Å². The molecule has 1 amide bonds. The summed E-state index contributed by atoms with van der Waals surface area (Å²) in [6.45, 7) is 2.73. The fraction of sp³-hybridized carbons (Fsp3) is 0.444. The summed E-state index contributed by atoms with van der Waals surface area (Å²) in [6.07, 6.45) is 4.24. The van der Waals surface area contributed by atoms with E-state index in [-0.39, 0.29) is 18.0 Å². The minimum absolute atomic E-state index is 0.0767. The fourth-order valence-electron chi connectivity index (χ4n) is 3.94. The fourth-order valence-corrected chi connectivity index (χ4v) is 4.44. The van der Waals surface area contributed by atoms with Crippen LogP contribution in [0.1, 0.15) is 13.3 Å². The molecule has 3 aliphatic rings. The number of anilines is 1. The van der Waals surface area contributed by atoms with Crippen LogP contribution < -0.4 is 4.90 Å². The van der Waals surface area contributed by atoms with Crippen molar-refractivity contribution in [2.24, 2.45) is 11.8 Å². The number of benzene rings is 1. The van der Waals surface area contributed by atoms with Crippen LogP contribution >= 0.6 is 15.9 Å². The van der Waals surface area contributed by atoms with Crippen molar-refractivity contribution < 1.29 is 19.1 Å². The highest BCUT2D eigenvalue weighted by Gasteiger charge is 2.67. The topological polar surface area (TPSA) is 55.8 Å². The lowest BCUT2D eigenvalue weighted by atomic mass is 9.77. The quantitative estimate of drug-likeness (QED) is 0.584. The van der Waals surface area contributed by atoms with E-state index in [1.165, 1.54) is 0 Å². The Balaban J connectivity index is 1.67. The maximum atomic E-state index is 13.1. The van der Waals surface area contributed by atoms with Gasteiger partial charge in [0.25, 0.3) is 0 Å². The number of halogens is 1. The Morgan fingerprint density at radius 2 is 2.25 bits per heavy atom. The average molecular weight is 392 g/mol. The number of carbonyl (C=O) groups is 2. The van der Waals surface area contributed by atoms with Crippen LogP contribution in [0.2, 0.25) is 0 Å². The molecule has 126 valence electrons. The Hall–Kier alpha value is -1.66. The molecule has 4 rings (SSSR count). The van der Waals surface area contributed by atoms with Gasteiger partial charge < -0.3 is 14.4 Å². The molecule has 4 atom stereocenters. The number of hydrogen-bond acceptors (Lipinski definition) is 4. The van der Waals surface area contributed by atoms with Crippen molar-refractivity contribution in [2.75, 3.05) is 18.1 Å².